The molecule has 0 radical (unpaired) electrons. The van der Waals surface area contributed by atoms with Crippen molar-refractivity contribution in [1.29, 1.82) is 0 Å². The second-order valence-electron chi connectivity index (χ2n) is 6.45. The zero-order chi connectivity index (χ0) is 20.2. The molecule has 152 valence electrons. The van der Waals surface area contributed by atoms with E-state index in [1.165, 1.54) is 19.1 Å². The van der Waals surface area contributed by atoms with Crippen LogP contribution in [-0.2, 0) is 6.54 Å². The van der Waals surface area contributed by atoms with Crippen LogP contribution in [0, 0.1) is 0 Å². The molecule has 0 aliphatic rings. The molecule has 0 saturated heterocycles. The van der Waals surface area contributed by atoms with Crippen LogP contribution in [0.25, 0.3) is 0 Å². The molecule has 0 fully saturated rings. The molecular formula is C22H30N2O4. The Morgan fingerprint density at radius 3 is 2.39 bits per heavy atom. The summed E-state index contributed by atoms with van der Waals surface area (Å²) in [5, 5.41) is 24.2. The fourth-order valence-corrected chi connectivity index (χ4v) is 2.64. The zero-order valence-corrected chi connectivity index (χ0v) is 16.6. The fourth-order valence-electron chi connectivity index (χ4n) is 2.64. The van der Waals surface area contributed by atoms with Crippen LogP contribution in [0.15, 0.2) is 41.5 Å². The molecule has 2 aromatic rings. The number of aromatic hydroxyl groups is 2. The molecule has 0 heterocycles. The molecule has 0 amide bonds. The quantitative estimate of drug-likeness (QED) is 0.282. The lowest BCUT2D eigenvalue weighted by molar-refractivity contribution is 0.303. The number of nitrogens with zero attached hydrogens (tertiary/aromatic N) is 1. The second-order valence-corrected chi connectivity index (χ2v) is 6.45. The number of hydrogen-bond donors (Lipinski definition) is 3. The molecule has 0 aliphatic heterocycles. The number of benzene rings is 2. The van der Waals surface area contributed by atoms with Crippen molar-refractivity contribution in [2.75, 3.05) is 13.2 Å². The summed E-state index contributed by atoms with van der Waals surface area (Å²) in [5.41, 5.74) is 4.15. The first kappa shape index (κ1) is 21.4. The highest BCUT2D eigenvalue weighted by Gasteiger charge is 2.04. The first-order valence-electron chi connectivity index (χ1n) is 9.80. The molecule has 3 N–H and O–H groups in total. The summed E-state index contributed by atoms with van der Waals surface area (Å²) in [7, 11) is 0. The van der Waals surface area contributed by atoms with Gasteiger partial charge in [-0.3, -0.25) is 0 Å². The third-order valence-corrected chi connectivity index (χ3v) is 4.20. The third-order valence-electron chi connectivity index (χ3n) is 4.20. The minimum atomic E-state index is 0.112. The highest BCUT2D eigenvalue weighted by molar-refractivity contribution is 5.83. The summed E-state index contributed by atoms with van der Waals surface area (Å²) in [6, 6.07) is 10.3. The lowest BCUT2D eigenvalue weighted by Crippen LogP contribution is -2.06. The van der Waals surface area contributed by atoms with Crippen LogP contribution >= 0.6 is 0 Å². The average molecular weight is 386 g/mol. The number of rotatable bonds is 12. The van der Waals surface area contributed by atoms with Gasteiger partial charge in [-0.05, 0) is 37.6 Å². The molecule has 0 saturated carbocycles. The molecular weight excluding hydrogens is 356 g/mol. The van der Waals surface area contributed by atoms with Crippen molar-refractivity contribution in [2.45, 2.75) is 46.1 Å². The Morgan fingerprint density at radius 2 is 1.68 bits per heavy atom. The highest BCUT2D eigenvalue weighted by atomic mass is 16.5. The number of phenolic OH excluding ortho intramolecular Hbond substituents is 2. The lowest BCUT2D eigenvalue weighted by Gasteiger charge is -2.08. The van der Waals surface area contributed by atoms with E-state index >= 15 is 0 Å². The van der Waals surface area contributed by atoms with E-state index in [1.807, 2.05) is 13.0 Å². The predicted octanol–water partition coefficient (Wildman–Crippen LogP) is 4.58. The van der Waals surface area contributed by atoms with E-state index in [2.05, 4.69) is 17.5 Å². The van der Waals surface area contributed by atoms with Crippen molar-refractivity contribution in [3.8, 4) is 23.0 Å². The molecule has 0 aromatic heterocycles. The van der Waals surface area contributed by atoms with Gasteiger partial charge in [-0.1, -0.05) is 26.2 Å². The fraction of sp³-hybridized carbons (Fsp3) is 0.409. The van der Waals surface area contributed by atoms with Crippen molar-refractivity contribution in [3.05, 3.63) is 47.5 Å². The largest absolute Gasteiger partial charge is 0.507 e. The molecule has 0 aliphatic carbocycles. The van der Waals surface area contributed by atoms with Crippen molar-refractivity contribution in [2.24, 2.45) is 5.10 Å². The monoisotopic (exact) mass is 386 g/mol. The number of nitrogens with one attached hydrogen (secondary N) is 1. The Kier molecular flexibility index (Phi) is 8.98. The maximum atomic E-state index is 10.1. The first-order valence-corrected chi connectivity index (χ1v) is 9.80. The van der Waals surface area contributed by atoms with E-state index in [0.717, 1.165) is 12.8 Å². The number of hydrogen-bond acceptors (Lipinski definition) is 6. The van der Waals surface area contributed by atoms with Crippen LogP contribution in [0.2, 0.25) is 0 Å². The van der Waals surface area contributed by atoms with Gasteiger partial charge in [-0.2, -0.15) is 5.10 Å². The summed E-state index contributed by atoms with van der Waals surface area (Å²) in [6.45, 7) is 5.62. The standard InChI is InChI=1S/C22H30N2O4/c1-3-5-6-7-12-28-20-11-9-18(22(26)14-20)16-24-23-15-17-8-10-19(27-4-2)13-21(17)25/h8-11,13-14,16,23,25-26H,3-7,12,15H2,1-2H3. The molecule has 0 bridgehead atoms. The van der Waals surface area contributed by atoms with E-state index < -0.39 is 0 Å². The molecule has 0 unspecified atom stereocenters. The van der Waals surface area contributed by atoms with E-state index in [4.69, 9.17) is 9.47 Å². The number of phenols is 2. The van der Waals surface area contributed by atoms with Crippen molar-refractivity contribution < 1.29 is 19.7 Å². The highest BCUT2D eigenvalue weighted by Crippen LogP contribution is 2.24. The summed E-state index contributed by atoms with van der Waals surface area (Å²) < 4.78 is 11.0. The van der Waals surface area contributed by atoms with Crippen molar-refractivity contribution in [1.82, 2.24) is 5.43 Å². The van der Waals surface area contributed by atoms with E-state index in [1.54, 1.807) is 30.3 Å². The maximum Gasteiger partial charge on any atom is 0.128 e. The van der Waals surface area contributed by atoms with E-state index in [0.29, 0.717) is 42.4 Å². The molecule has 6 heteroatoms. The Balaban J connectivity index is 1.82. The number of unbranched alkanes of at least 4 members (excludes halogenated alkanes) is 3. The van der Waals surface area contributed by atoms with Gasteiger partial charge in [0.05, 0.1) is 26.0 Å². The topological polar surface area (TPSA) is 83.3 Å². The SMILES string of the molecule is CCCCCCOc1ccc(C=NNCc2ccc(OCC)cc2O)c(O)c1. The van der Waals surface area contributed by atoms with Gasteiger partial charge in [-0.15, -0.1) is 0 Å². The average Bonchev–Trinajstić information content (AvgIpc) is 2.68. The minimum Gasteiger partial charge on any atom is -0.507 e. The summed E-state index contributed by atoms with van der Waals surface area (Å²) in [4.78, 5) is 0. The zero-order valence-electron chi connectivity index (χ0n) is 16.6. The van der Waals surface area contributed by atoms with Crippen molar-refractivity contribution in [3.63, 3.8) is 0 Å². The third kappa shape index (κ3) is 7.02. The van der Waals surface area contributed by atoms with Gasteiger partial charge in [0, 0.05) is 23.3 Å². The summed E-state index contributed by atoms with van der Waals surface area (Å²) in [6.07, 6.45) is 6.11. The van der Waals surface area contributed by atoms with Crippen molar-refractivity contribution >= 4 is 6.21 Å². The summed E-state index contributed by atoms with van der Waals surface area (Å²) >= 11 is 0. The van der Waals surface area contributed by atoms with Crippen LogP contribution in [-0.4, -0.2) is 29.6 Å². The van der Waals surface area contributed by atoms with Gasteiger partial charge in [-0.25, -0.2) is 0 Å². The van der Waals surface area contributed by atoms with E-state index in [-0.39, 0.29) is 11.5 Å². The van der Waals surface area contributed by atoms with E-state index in [9.17, 15) is 10.2 Å². The second kappa shape index (κ2) is 11.7. The smallest absolute Gasteiger partial charge is 0.128 e. The van der Waals surface area contributed by atoms with Gasteiger partial charge in [0.25, 0.3) is 0 Å². The molecule has 2 aromatic carbocycles. The van der Waals surface area contributed by atoms with Crippen LogP contribution in [0.3, 0.4) is 0 Å². The summed E-state index contributed by atoms with van der Waals surface area (Å²) in [5.74, 6) is 1.54. The Labute approximate surface area is 166 Å². The molecule has 0 atom stereocenters. The van der Waals surface area contributed by atoms with Gasteiger partial charge in [0.1, 0.15) is 23.0 Å². The maximum absolute atomic E-state index is 10.1. The van der Waals surface area contributed by atoms with Gasteiger partial charge >= 0.3 is 0 Å². The molecule has 2 rings (SSSR count). The van der Waals surface area contributed by atoms with Gasteiger partial charge in [0.2, 0.25) is 0 Å². The van der Waals surface area contributed by atoms with Gasteiger partial charge in [0.15, 0.2) is 0 Å². The molecule has 6 nitrogen and oxygen atoms in total. The number of ether oxygens (including phenoxy) is 2. The Bertz CT molecular complexity index is 762. The van der Waals surface area contributed by atoms with Gasteiger partial charge < -0.3 is 25.1 Å². The van der Waals surface area contributed by atoms with Crippen LogP contribution in [0.1, 0.15) is 50.7 Å². The molecule has 0 spiro atoms. The first-order chi connectivity index (χ1) is 13.6. The minimum absolute atomic E-state index is 0.112. The predicted molar refractivity (Wildman–Crippen MR) is 111 cm³/mol. The normalized spacial score (nSPS) is 10.9. The number of hydrazone groups is 1. The van der Waals surface area contributed by atoms with Crippen LogP contribution in [0.4, 0.5) is 0 Å². The van der Waals surface area contributed by atoms with Crippen LogP contribution < -0.4 is 14.9 Å². The Morgan fingerprint density at radius 1 is 0.929 bits per heavy atom. The molecule has 28 heavy (non-hydrogen) atoms. The van der Waals surface area contributed by atoms with Crippen LogP contribution in [0.5, 0.6) is 23.0 Å². The lowest BCUT2D eigenvalue weighted by atomic mass is 10.2. The Hall–Kier alpha value is -2.89.